The Morgan fingerprint density at radius 2 is 1.69 bits per heavy atom. The molecule has 0 spiro atoms. The lowest BCUT2D eigenvalue weighted by atomic mass is 10.1. The van der Waals surface area contributed by atoms with Gasteiger partial charge in [-0.3, -0.25) is 0 Å². The lowest BCUT2D eigenvalue weighted by Crippen LogP contribution is -2.01. The maximum Gasteiger partial charge on any atom is 0.126 e. The van der Waals surface area contributed by atoms with Crippen molar-refractivity contribution in [3.8, 4) is 0 Å². The fourth-order valence-electron chi connectivity index (χ4n) is 1.06. The van der Waals surface area contributed by atoms with E-state index in [9.17, 15) is 13.9 Å². The molecular formula is C9H10F2O2. The summed E-state index contributed by atoms with van der Waals surface area (Å²) in [6.45, 7) is -0.223. The molecule has 2 N–H and O–H groups in total. The van der Waals surface area contributed by atoms with Crippen molar-refractivity contribution in [1.29, 1.82) is 0 Å². The largest absolute Gasteiger partial charge is 0.396 e. The number of hydrogen-bond acceptors (Lipinski definition) is 2. The first-order chi connectivity index (χ1) is 6.13. The molecule has 0 aliphatic carbocycles. The van der Waals surface area contributed by atoms with E-state index < -0.39 is 17.7 Å². The van der Waals surface area contributed by atoms with E-state index in [0.717, 1.165) is 18.2 Å². The molecule has 2 nitrogen and oxygen atoms in total. The van der Waals surface area contributed by atoms with Gasteiger partial charge in [0, 0.05) is 19.1 Å². The molecule has 0 aromatic heterocycles. The van der Waals surface area contributed by atoms with Gasteiger partial charge in [-0.25, -0.2) is 8.78 Å². The molecule has 0 amide bonds. The number of aliphatic hydroxyl groups excluding tert-OH is 2. The molecule has 0 aliphatic heterocycles. The van der Waals surface area contributed by atoms with Crippen molar-refractivity contribution in [3.63, 3.8) is 0 Å². The Balaban J connectivity index is 2.87. The van der Waals surface area contributed by atoms with Crippen LogP contribution >= 0.6 is 0 Å². The molecule has 0 fully saturated rings. The summed E-state index contributed by atoms with van der Waals surface area (Å²) in [5, 5.41) is 17.8. The minimum atomic E-state index is -1.02. The van der Waals surface area contributed by atoms with E-state index in [4.69, 9.17) is 5.11 Å². The molecule has 1 atom stereocenters. The summed E-state index contributed by atoms with van der Waals surface area (Å²) in [6, 6.07) is 2.82. The lowest BCUT2D eigenvalue weighted by molar-refractivity contribution is 0.133. The van der Waals surface area contributed by atoms with Gasteiger partial charge in [-0.2, -0.15) is 0 Å². The predicted octanol–water partition coefficient (Wildman–Crippen LogP) is 1.38. The zero-order valence-electron chi connectivity index (χ0n) is 6.87. The molecule has 1 rings (SSSR count). The summed E-state index contributed by atoms with van der Waals surface area (Å²) in [4.78, 5) is 0. The van der Waals surface area contributed by atoms with Crippen LogP contribution in [0, 0.1) is 11.6 Å². The standard InChI is InChI=1S/C9H10F2O2/c10-7-3-6(4-8(11)5-7)9(13)1-2-12/h3-5,9,12-13H,1-2H2/t9-/m1/s1. The molecule has 1 aromatic carbocycles. The van der Waals surface area contributed by atoms with E-state index in [0.29, 0.717) is 0 Å². The molecule has 1 aromatic rings. The van der Waals surface area contributed by atoms with Gasteiger partial charge < -0.3 is 10.2 Å². The zero-order chi connectivity index (χ0) is 9.84. The Morgan fingerprint density at radius 3 is 2.15 bits per heavy atom. The van der Waals surface area contributed by atoms with Crippen LogP contribution in [0.3, 0.4) is 0 Å². The van der Waals surface area contributed by atoms with Crippen molar-refractivity contribution in [2.24, 2.45) is 0 Å². The van der Waals surface area contributed by atoms with Crippen LogP contribution in [0.4, 0.5) is 8.78 Å². The van der Waals surface area contributed by atoms with Crippen molar-refractivity contribution in [1.82, 2.24) is 0 Å². The van der Waals surface area contributed by atoms with Gasteiger partial charge in [0.2, 0.25) is 0 Å². The third kappa shape index (κ3) is 2.75. The number of benzene rings is 1. The molecule has 0 aliphatic rings. The van der Waals surface area contributed by atoms with Crippen LogP contribution in [0.25, 0.3) is 0 Å². The van der Waals surface area contributed by atoms with Crippen LogP contribution in [0.2, 0.25) is 0 Å². The minimum absolute atomic E-state index is 0.0723. The third-order valence-electron chi connectivity index (χ3n) is 1.67. The first kappa shape index (κ1) is 10.1. The van der Waals surface area contributed by atoms with E-state index in [1.54, 1.807) is 0 Å². The monoisotopic (exact) mass is 188 g/mol. The fourth-order valence-corrected chi connectivity index (χ4v) is 1.06. The van der Waals surface area contributed by atoms with Crippen molar-refractivity contribution in [2.45, 2.75) is 12.5 Å². The second-order valence-electron chi connectivity index (χ2n) is 2.73. The summed E-state index contributed by atoms with van der Waals surface area (Å²) >= 11 is 0. The second-order valence-corrected chi connectivity index (χ2v) is 2.73. The normalized spacial score (nSPS) is 12.9. The predicted molar refractivity (Wildman–Crippen MR) is 43.0 cm³/mol. The molecule has 0 bridgehead atoms. The Bertz CT molecular complexity index is 269. The average molecular weight is 188 g/mol. The second kappa shape index (κ2) is 4.30. The molecule has 0 saturated heterocycles. The topological polar surface area (TPSA) is 40.5 Å². The van der Waals surface area contributed by atoms with Gasteiger partial charge in [0.15, 0.2) is 0 Å². The SMILES string of the molecule is OCC[C@@H](O)c1cc(F)cc(F)c1. The fraction of sp³-hybridized carbons (Fsp3) is 0.333. The van der Waals surface area contributed by atoms with Crippen molar-refractivity contribution in [2.75, 3.05) is 6.61 Å². The van der Waals surface area contributed by atoms with Gasteiger partial charge in [-0.1, -0.05) is 0 Å². The Labute approximate surface area is 74.4 Å². The molecule has 0 unspecified atom stereocenters. The lowest BCUT2D eigenvalue weighted by Gasteiger charge is -2.08. The molecule has 13 heavy (non-hydrogen) atoms. The van der Waals surface area contributed by atoms with E-state index in [1.165, 1.54) is 0 Å². The van der Waals surface area contributed by atoms with E-state index in [2.05, 4.69) is 0 Å². The number of aliphatic hydroxyl groups is 2. The van der Waals surface area contributed by atoms with Gasteiger partial charge in [-0.15, -0.1) is 0 Å². The van der Waals surface area contributed by atoms with Crippen LogP contribution in [-0.2, 0) is 0 Å². The van der Waals surface area contributed by atoms with Crippen LogP contribution in [0.1, 0.15) is 18.1 Å². The van der Waals surface area contributed by atoms with Gasteiger partial charge >= 0.3 is 0 Å². The van der Waals surface area contributed by atoms with E-state index in [-0.39, 0.29) is 18.6 Å². The van der Waals surface area contributed by atoms with Gasteiger partial charge in [0.25, 0.3) is 0 Å². The zero-order valence-corrected chi connectivity index (χ0v) is 6.87. The average Bonchev–Trinajstić information content (AvgIpc) is 2.03. The van der Waals surface area contributed by atoms with Crippen molar-refractivity contribution >= 4 is 0 Å². The highest BCUT2D eigenvalue weighted by Gasteiger charge is 2.09. The number of hydrogen-bond donors (Lipinski definition) is 2. The summed E-state index contributed by atoms with van der Waals surface area (Å²) in [5.74, 6) is -1.46. The van der Waals surface area contributed by atoms with Gasteiger partial charge in [0.05, 0.1) is 6.10 Å². The maximum absolute atomic E-state index is 12.6. The van der Waals surface area contributed by atoms with Gasteiger partial charge in [0.1, 0.15) is 11.6 Å². The van der Waals surface area contributed by atoms with E-state index in [1.807, 2.05) is 0 Å². The maximum atomic E-state index is 12.6. The van der Waals surface area contributed by atoms with Crippen molar-refractivity contribution < 1.29 is 19.0 Å². The van der Waals surface area contributed by atoms with Crippen LogP contribution in [0.15, 0.2) is 18.2 Å². The molecule has 0 saturated carbocycles. The van der Waals surface area contributed by atoms with E-state index >= 15 is 0 Å². The number of halogens is 2. The highest BCUT2D eigenvalue weighted by Crippen LogP contribution is 2.18. The van der Waals surface area contributed by atoms with Gasteiger partial charge in [-0.05, 0) is 17.7 Å². The third-order valence-corrected chi connectivity index (χ3v) is 1.67. The van der Waals surface area contributed by atoms with Crippen LogP contribution in [-0.4, -0.2) is 16.8 Å². The highest BCUT2D eigenvalue weighted by atomic mass is 19.1. The summed E-state index contributed by atoms with van der Waals surface area (Å²) in [6.07, 6.45) is -0.946. The first-order valence-electron chi connectivity index (χ1n) is 3.88. The molecule has 0 heterocycles. The quantitative estimate of drug-likeness (QED) is 0.752. The number of rotatable bonds is 3. The minimum Gasteiger partial charge on any atom is -0.396 e. The Morgan fingerprint density at radius 1 is 1.15 bits per heavy atom. The van der Waals surface area contributed by atoms with Crippen molar-refractivity contribution in [3.05, 3.63) is 35.4 Å². The summed E-state index contributed by atoms with van der Waals surface area (Å²) < 4.78 is 25.2. The Kier molecular flexibility index (Phi) is 3.33. The van der Waals surface area contributed by atoms with Crippen LogP contribution in [0.5, 0.6) is 0 Å². The highest BCUT2D eigenvalue weighted by molar-refractivity contribution is 5.19. The first-order valence-corrected chi connectivity index (χ1v) is 3.88. The molecule has 4 heteroatoms. The summed E-state index contributed by atoms with van der Waals surface area (Å²) in [5.41, 5.74) is 0.145. The molecule has 72 valence electrons. The Hall–Kier alpha value is -1.00. The molecule has 0 radical (unpaired) electrons. The van der Waals surface area contributed by atoms with Crippen LogP contribution < -0.4 is 0 Å². The smallest absolute Gasteiger partial charge is 0.126 e. The summed E-state index contributed by atoms with van der Waals surface area (Å²) in [7, 11) is 0. The molecular weight excluding hydrogens is 178 g/mol.